The van der Waals surface area contributed by atoms with Crippen LogP contribution in [0.5, 0.6) is 0 Å². The molecule has 5 nitrogen and oxygen atoms in total. The van der Waals surface area contributed by atoms with E-state index in [1.54, 1.807) is 26.3 Å². The molecule has 0 spiro atoms. The van der Waals surface area contributed by atoms with E-state index >= 15 is 0 Å². The Labute approximate surface area is 113 Å². The van der Waals surface area contributed by atoms with E-state index in [-0.39, 0.29) is 5.91 Å². The average molecular weight is 263 g/mol. The van der Waals surface area contributed by atoms with Crippen molar-refractivity contribution >= 4 is 17.3 Å². The van der Waals surface area contributed by atoms with Crippen LogP contribution in [-0.2, 0) is 4.74 Å². The maximum Gasteiger partial charge on any atom is 0.251 e. The number of nitrogens with two attached hydrogens (primary N) is 1. The molecule has 0 aliphatic heterocycles. The molecule has 2 atom stereocenters. The summed E-state index contributed by atoms with van der Waals surface area (Å²) in [6.07, 6.45) is 3.48. The first-order chi connectivity index (χ1) is 9.13. The van der Waals surface area contributed by atoms with Crippen LogP contribution in [0.1, 0.15) is 29.6 Å². The molecule has 2 unspecified atom stereocenters. The molecule has 0 radical (unpaired) electrons. The number of ether oxygens (including phenoxy) is 1. The second kappa shape index (κ2) is 5.93. The van der Waals surface area contributed by atoms with Gasteiger partial charge in [0.25, 0.3) is 5.91 Å². The van der Waals surface area contributed by atoms with Crippen molar-refractivity contribution in [2.24, 2.45) is 0 Å². The van der Waals surface area contributed by atoms with Gasteiger partial charge >= 0.3 is 0 Å². The molecule has 1 aromatic rings. The van der Waals surface area contributed by atoms with Gasteiger partial charge in [0.2, 0.25) is 0 Å². The zero-order chi connectivity index (χ0) is 13.8. The summed E-state index contributed by atoms with van der Waals surface area (Å²) in [6, 6.07) is 5.72. The van der Waals surface area contributed by atoms with E-state index in [0.717, 1.165) is 24.9 Å². The smallest absolute Gasteiger partial charge is 0.251 e. The summed E-state index contributed by atoms with van der Waals surface area (Å²) < 4.78 is 5.35. The van der Waals surface area contributed by atoms with Crippen LogP contribution in [0.4, 0.5) is 11.4 Å². The van der Waals surface area contributed by atoms with Gasteiger partial charge in [0.15, 0.2) is 0 Å². The maximum atomic E-state index is 11.5. The highest BCUT2D eigenvalue weighted by molar-refractivity contribution is 5.95. The number of carbonyl (C=O) groups excluding carboxylic acids is 1. The van der Waals surface area contributed by atoms with E-state index < -0.39 is 0 Å². The van der Waals surface area contributed by atoms with Crippen LogP contribution in [0, 0.1) is 0 Å². The van der Waals surface area contributed by atoms with Crippen LogP contribution in [0.25, 0.3) is 0 Å². The van der Waals surface area contributed by atoms with E-state index in [1.165, 1.54) is 0 Å². The minimum Gasteiger partial charge on any atom is -0.397 e. The van der Waals surface area contributed by atoms with Crippen molar-refractivity contribution in [2.45, 2.75) is 31.4 Å². The van der Waals surface area contributed by atoms with Gasteiger partial charge in [-0.1, -0.05) is 0 Å². The molecule has 19 heavy (non-hydrogen) atoms. The first-order valence-corrected chi connectivity index (χ1v) is 6.55. The van der Waals surface area contributed by atoms with Crippen molar-refractivity contribution in [3.05, 3.63) is 23.8 Å². The van der Waals surface area contributed by atoms with Crippen LogP contribution in [0.2, 0.25) is 0 Å². The number of nitrogen functional groups attached to an aromatic ring is 1. The molecule has 1 aromatic carbocycles. The molecule has 4 N–H and O–H groups in total. The summed E-state index contributed by atoms with van der Waals surface area (Å²) in [4.78, 5) is 11.5. The average Bonchev–Trinajstić information content (AvgIpc) is 2.88. The van der Waals surface area contributed by atoms with Crippen LogP contribution in [0.15, 0.2) is 18.2 Å². The minimum absolute atomic E-state index is 0.126. The molecule has 0 heterocycles. The Morgan fingerprint density at radius 3 is 2.79 bits per heavy atom. The molecule has 1 fully saturated rings. The largest absolute Gasteiger partial charge is 0.397 e. The number of hydrogen-bond donors (Lipinski definition) is 3. The summed E-state index contributed by atoms with van der Waals surface area (Å²) in [5, 5.41) is 6.00. The highest BCUT2D eigenvalue weighted by atomic mass is 16.5. The number of nitrogens with one attached hydrogen (secondary N) is 2. The Hall–Kier alpha value is -1.75. The lowest BCUT2D eigenvalue weighted by molar-refractivity contribution is 0.0963. The Bertz CT molecular complexity index is 462. The second-order valence-corrected chi connectivity index (χ2v) is 4.89. The van der Waals surface area contributed by atoms with Gasteiger partial charge in [-0.15, -0.1) is 0 Å². The van der Waals surface area contributed by atoms with Gasteiger partial charge < -0.3 is 21.1 Å². The summed E-state index contributed by atoms with van der Waals surface area (Å²) in [7, 11) is 3.35. The van der Waals surface area contributed by atoms with Gasteiger partial charge in [-0.3, -0.25) is 4.79 Å². The number of rotatable bonds is 4. The fourth-order valence-electron chi connectivity index (χ4n) is 2.48. The molecule has 0 bridgehead atoms. The molecular weight excluding hydrogens is 242 g/mol. The summed E-state index contributed by atoms with van der Waals surface area (Å²) in [6.45, 7) is 0. The Kier molecular flexibility index (Phi) is 4.27. The maximum absolute atomic E-state index is 11.5. The number of methoxy groups -OCH3 is 1. The highest BCUT2D eigenvalue weighted by Gasteiger charge is 2.24. The molecular formula is C14H21N3O2. The molecule has 1 saturated carbocycles. The monoisotopic (exact) mass is 263 g/mol. The summed E-state index contributed by atoms with van der Waals surface area (Å²) in [5.41, 5.74) is 8.04. The first-order valence-electron chi connectivity index (χ1n) is 6.55. The third-order valence-corrected chi connectivity index (χ3v) is 3.62. The van der Waals surface area contributed by atoms with Crippen molar-refractivity contribution < 1.29 is 9.53 Å². The zero-order valence-corrected chi connectivity index (χ0v) is 11.4. The van der Waals surface area contributed by atoms with E-state index in [0.29, 0.717) is 23.4 Å². The number of anilines is 2. The number of hydrogen-bond acceptors (Lipinski definition) is 4. The van der Waals surface area contributed by atoms with Gasteiger partial charge in [-0.05, 0) is 37.5 Å². The molecule has 0 aromatic heterocycles. The van der Waals surface area contributed by atoms with Gasteiger partial charge in [0.1, 0.15) is 0 Å². The molecule has 0 saturated heterocycles. The normalized spacial score (nSPS) is 22.2. The molecule has 1 aliphatic rings. The van der Waals surface area contributed by atoms with E-state index in [2.05, 4.69) is 10.6 Å². The SMILES string of the molecule is CNC(=O)c1ccc(NC2CCC(OC)C2)c(N)c1. The van der Waals surface area contributed by atoms with E-state index in [1.807, 2.05) is 6.07 Å². The fraction of sp³-hybridized carbons (Fsp3) is 0.500. The Balaban J connectivity index is 2.03. The van der Waals surface area contributed by atoms with Crippen molar-refractivity contribution in [1.82, 2.24) is 5.32 Å². The lowest BCUT2D eigenvalue weighted by Gasteiger charge is -2.16. The van der Waals surface area contributed by atoms with Gasteiger partial charge in [0.05, 0.1) is 17.5 Å². The first kappa shape index (κ1) is 13.7. The zero-order valence-electron chi connectivity index (χ0n) is 11.4. The van der Waals surface area contributed by atoms with Crippen molar-refractivity contribution in [3.63, 3.8) is 0 Å². The third-order valence-electron chi connectivity index (χ3n) is 3.62. The van der Waals surface area contributed by atoms with E-state index in [4.69, 9.17) is 10.5 Å². The molecule has 104 valence electrons. The fourth-order valence-corrected chi connectivity index (χ4v) is 2.48. The van der Waals surface area contributed by atoms with Crippen LogP contribution >= 0.6 is 0 Å². The van der Waals surface area contributed by atoms with Crippen LogP contribution < -0.4 is 16.4 Å². The Morgan fingerprint density at radius 2 is 2.21 bits per heavy atom. The molecule has 5 heteroatoms. The third kappa shape index (κ3) is 3.17. The van der Waals surface area contributed by atoms with Crippen molar-refractivity contribution in [2.75, 3.05) is 25.2 Å². The van der Waals surface area contributed by atoms with Crippen molar-refractivity contribution in [1.29, 1.82) is 0 Å². The van der Waals surface area contributed by atoms with E-state index in [9.17, 15) is 4.79 Å². The predicted molar refractivity (Wildman–Crippen MR) is 76.3 cm³/mol. The Morgan fingerprint density at radius 1 is 1.42 bits per heavy atom. The lowest BCUT2D eigenvalue weighted by atomic mass is 10.1. The quantitative estimate of drug-likeness (QED) is 0.721. The standard InChI is InChI=1S/C14H21N3O2/c1-16-14(18)9-3-6-13(12(15)7-9)17-10-4-5-11(8-10)19-2/h3,6-7,10-11,17H,4-5,8,15H2,1-2H3,(H,16,18). The van der Waals surface area contributed by atoms with Gasteiger partial charge in [-0.25, -0.2) is 0 Å². The lowest BCUT2D eigenvalue weighted by Crippen LogP contribution is -2.20. The van der Waals surface area contributed by atoms with Crippen LogP contribution in [0.3, 0.4) is 0 Å². The van der Waals surface area contributed by atoms with Gasteiger partial charge in [-0.2, -0.15) is 0 Å². The number of benzene rings is 1. The predicted octanol–water partition coefficient (Wildman–Crippen LogP) is 1.61. The summed E-state index contributed by atoms with van der Waals surface area (Å²) >= 11 is 0. The number of amides is 1. The molecule has 1 aliphatic carbocycles. The van der Waals surface area contributed by atoms with Crippen LogP contribution in [-0.4, -0.2) is 32.2 Å². The molecule has 2 rings (SSSR count). The van der Waals surface area contributed by atoms with Gasteiger partial charge in [0, 0.05) is 25.8 Å². The summed E-state index contributed by atoms with van der Waals surface area (Å²) in [5.74, 6) is -0.126. The molecule has 1 amide bonds. The minimum atomic E-state index is -0.126. The second-order valence-electron chi connectivity index (χ2n) is 4.89. The topological polar surface area (TPSA) is 76.4 Å². The van der Waals surface area contributed by atoms with Crippen molar-refractivity contribution in [3.8, 4) is 0 Å². The number of carbonyl (C=O) groups is 1. The highest BCUT2D eigenvalue weighted by Crippen LogP contribution is 2.27.